The molecule has 3 amide bonds. The van der Waals surface area contributed by atoms with Crippen LogP contribution in [0.5, 0.6) is 0 Å². The highest BCUT2D eigenvalue weighted by Gasteiger charge is 2.24. The number of fused-ring (bicyclic) bond motifs is 1. The van der Waals surface area contributed by atoms with E-state index >= 15 is 0 Å². The summed E-state index contributed by atoms with van der Waals surface area (Å²) in [7, 11) is 0. The third-order valence-corrected chi connectivity index (χ3v) is 11.1. The summed E-state index contributed by atoms with van der Waals surface area (Å²) >= 11 is 15.0. The lowest BCUT2D eigenvalue weighted by molar-refractivity contribution is -0.116. The Hall–Kier alpha value is -5.71. The van der Waals surface area contributed by atoms with Crippen LogP contribution in [-0.4, -0.2) is 22.7 Å². The average molecular weight is 786 g/mol. The summed E-state index contributed by atoms with van der Waals surface area (Å²) in [5, 5.41) is 13.2. The van der Waals surface area contributed by atoms with Gasteiger partial charge in [0.1, 0.15) is 10.9 Å². The second kappa shape index (κ2) is 17.0. The predicted octanol–water partition coefficient (Wildman–Crippen LogP) is 11.2. The Morgan fingerprint density at radius 2 is 1.43 bits per heavy atom. The van der Waals surface area contributed by atoms with Gasteiger partial charge >= 0.3 is 0 Å². The summed E-state index contributed by atoms with van der Waals surface area (Å²) in [6, 6.07) is 44.4. The van der Waals surface area contributed by atoms with Crippen LogP contribution >= 0.6 is 46.3 Å². The molecule has 6 aromatic carbocycles. The van der Waals surface area contributed by atoms with Crippen molar-refractivity contribution in [3.8, 4) is 11.3 Å². The molecule has 1 aromatic heterocycles. The Labute approximate surface area is 330 Å². The molecule has 0 aliphatic carbocycles. The molecule has 1 unspecified atom stereocenters. The highest BCUT2D eigenvalue weighted by molar-refractivity contribution is 8.00. The molecule has 0 saturated heterocycles. The number of thiazole rings is 1. The molecule has 1 atom stereocenters. The number of benzene rings is 6. The maximum Gasteiger partial charge on any atom is 0.272 e. The fraction of sp³-hybridized carbons (Fsp3) is 0.0233. The summed E-state index contributed by atoms with van der Waals surface area (Å²) in [6.07, 6.45) is 1.68. The number of carbonyl (C=O) groups excluding carboxylic acids is 3. The number of rotatable bonds is 11. The van der Waals surface area contributed by atoms with Crippen LogP contribution in [0, 0.1) is 0 Å². The lowest BCUT2D eigenvalue weighted by Crippen LogP contribution is -2.30. The Morgan fingerprint density at radius 3 is 2.19 bits per heavy atom. The first-order chi connectivity index (χ1) is 26.3. The van der Waals surface area contributed by atoms with Crippen LogP contribution in [0.3, 0.4) is 0 Å². The van der Waals surface area contributed by atoms with E-state index in [-0.39, 0.29) is 11.6 Å². The SMILES string of the molecule is O=C(Nc1ccc(SC(C(=O)Nc2nc(-c3ccc(Cl)c(Cl)c3)cs2)c2ccccc2)cc1)/C(=C/c1cccc2ccccc12)NC(=O)c1ccccc1. The van der Waals surface area contributed by atoms with Gasteiger partial charge in [-0.15, -0.1) is 23.1 Å². The Bertz CT molecular complexity index is 2490. The monoisotopic (exact) mass is 784 g/mol. The highest BCUT2D eigenvalue weighted by atomic mass is 35.5. The van der Waals surface area contributed by atoms with Crippen molar-refractivity contribution in [1.82, 2.24) is 10.3 Å². The van der Waals surface area contributed by atoms with Crippen molar-refractivity contribution < 1.29 is 14.4 Å². The van der Waals surface area contributed by atoms with Gasteiger partial charge in [-0.3, -0.25) is 14.4 Å². The van der Waals surface area contributed by atoms with Crippen molar-refractivity contribution >= 4 is 91.7 Å². The fourth-order valence-corrected chi connectivity index (χ4v) is 7.66. The minimum absolute atomic E-state index is 0.0870. The molecule has 7 nitrogen and oxygen atoms in total. The van der Waals surface area contributed by atoms with E-state index in [0.717, 1.165) is 32.4 Å². The van der Waals surface area contributed by atoms with E-state index in [9.17, 15) is 14.4 Å². The minimum atomic E-state index is -0.604. The van der Waals surface area contributed by atoms with E-state index in [0.29, 0.717) is 32.1 Å². The van der Waals surface area contributed by atoms with E-state index in [1.165, 1.54) is 23.1 Å². The van der Waals surface area contributed by atoms with Gasteiger partial charge in [-0.05, 0) is 76.5 Å². The fourth-order valence-electron chi connectivity index (χ4n) is 5.62. The van der Waals surface area contributed by atoms with Crippen LogP contribution in [-0.2, 0) is 9.59 Å². The first-order valence-corrected chi connectivity index (χ1v) is 19.2. The number of carbonyl (C=O) groups is 3. The van der Waals surface area contributed by atoms with Gasteiger partial charge in [0.25, 0.3) is 11.8 Å². The maximum atomic E-state index is 13.8. The van der Waals surface area contributed by atoms with Crippen LogP contribution in [0.2, 0.25) is 10.0 Å². The van der Waals surface area contributed by atoms with E-state index < -0.39 is 17.1 Å². The van der Waals surface area contributed by atoms with Crippen molar-refractivity contribution in [3.63, 3.8) is 0 Å². The van der Waals surface area contributed by atoms with Crippen LogP contribution < -0.4 is 16.0 Å². The molecule has 0 saturated carbocycles. The van der Waals surface area contributed by atoms with E-state index in [1.54, 1.807) is 54.6 Å². The lowest BCUT2D eigenvalue weighted by atomic mass is 10.0. The molecule has 0 aliphatic rings. The normalized spacial score (nSPS) is 11.9. The number of thioether (sulfide) groups is 1. The molecule has 0 spiro atoms. The Balaban J connectivity index is 1.09. The summed E-state index contributed by atoms with van der Waals surface area (Å²) in [6.45, 7) is 0. The Kier molecular flexibility index (Phi) is 11.5. The van der Waals surface area contributed by atoms with Gasteiger partial charge in [0.15, 0.2) is 5.13 Å². The number of nitrogens with one attached hydrogen (secondary N) is 3. The summed E-state index contributed by atoms with van der Waals surface area (Å²) in [5.74, 6) is -1.13. The molecule has 0 aliphatic heterocycles. The van der Waals surface area contributed by atoms with Crippen LogP contribution in [0.25, 0.3) is 28.1 Å². The molecule has 11 heteroatoms. The number of anilines is 2. The molecule has 7 aromatic rings. The molecular formula is C43H30Cl2N4O3S2. The van der Waals surface area contributed by atoms with Crippen LogP contribution in [0.15, 0.2) is 162 Å². The number of nitrogens with zero attached hydrogens (tertiary/aromatic N) is 1. The van der Waals surface area contributed by atoms with E-state index in [1.807, 2.05) is 102 Å². The molecule has 0 radical (unpaired) electrons. The first kappa shape index (κ1) is 36.6. The topological polar surface area (TPSA) is 100 Å². The van der Waals surface area contributed by atoms with Gasteiger partial charge in [-0.25, -0.2) is 4.98 Å². The minimum Gasteiger partial charge on any atom is -0.321 e. The van der Waals surface area contributed by atoms with Crippen molar-refractivity contribution in [3.05, 3.63) is 183 Å². The van der Waals surface area contributed by atoms with Crippen molar-refractivity contribution in [1.29, 1.82) is 0 Å². The van der Waals surface area contributed by atoms with Crippen molar-refractivity contribution in [2.24, 2.45) is 0 Å². The zero-order valence-electron chi connectivity index (χ0n) is 28.3. The highest BCUT2D eigenvalue weighted by Crippen LogP contribution is 2.38. The first-order valence-electron chi connectivity index (χ1n) is 16.7. The van der Waals surface area contributed by atoms with Crippen molar-refractivity contribution in [2.75, 3.05) is 10.6 Å². The molecule has 266 valence electrons. The molecular weight excluding hydrogens is 756 g/mol. The van der Waals surface area contributed by atoms with Gasteiger partial charge in [0.2, 0.25) is 5.91 Å². The maximum absolute atomic E-state index is 13.8. The molecule has 0 fully saturated rings. The van der Waals surface area contributed by atoms with Gasteiger partial charge in [-0.1, -0.05) is 120 Å². The van der Waals surface area contributed by atoms with E-state index in [2.05, 4.69) is 20.9 Å². The zero-order chi connectivity index (χ0) is 37.4. The number of aromatic nitrogens is 1. The lowest BCUT2D eigenvalue weighted by Gasteiger charge is -2.17. The molecule has 7 rings (SSSR count). The van der Waals surface area contributed by atoms with Crippen LogP contribution in [0.4, 0.5) is 10.8 Å². The number of amides is 3. The quantitative estimate of drug-likeness (QED) is 0.0896. The van der Waals surface area contributed by atoms with Gasteiger partial charge < -0.3 is 16.0 Å². The third-order valence-electron chi connectivity index (χ3n) is 8.31. The summed E-state index contributed by atoms with van der Waals surface area (Å²) in [4.78, 5) is 46.2. The number of hydrogen-bond acceptors (Lipinski definition) is 6. The zero-order valence-corrected chi connectivity index (χ0v) is 31.5. The smallest absolute Gasteiger partial charge is 0.272 e. The van der Waals surface area contributed by atoms with Gasteiger partial charge in [-0.2, -0.15) is 0 Å². The molecule has 0 bridgehead atoms. The standard InChI is InChI=1S/C43H30Cl2N4O3S2/c44-35-23-18-31(24-36(35)45)38-26-53-43(48-38)49-42(52)39(28-11-3-1-4-12-28)54-33-21-19-32(20-22-33)46-41(51)37(47-40(50)29-13-5-2-6-14-29)25-30-16-9-15-27-10-7-8-17-34(27)30/h1-26,39H,(H,46,51)(H,47,50)(H,48,49,52)/b37-25-. The molecule has 54 heavy (non-hydrogen) atoms. The second-order valence-electron chi connectivity index (χ2n) is 12.0. The second-order valence-corrected chi connectivity index (χ2v) is 14.8. The van der Waals surface area contributed by atoms with E-state index in [4.69, 9.17) is 23.2 Å². The molecule has 3 N–H and O–H groups in total. The van der Waals surface area contributed by atoms with Gasteiger partial charge in [0, 0.05) is 27.1 Å². The summed E-state index contributed by atoms with van der Waals surface area (Å²) < 4.78 is 0. The summed E-state index contributed by atoms with van der Waals surface area (Å²) in [5.41, 5.74) is 4.09. The van der Waals surface area contributed by atoms with Crippen LogP contribution in [0.1, 0.15) is 26.7 Å². The average Bonchev–Trinajstić information content (AvgIpc) is 3.67. The number of halogens is 2. The van der Waals surface area contributed by atoms with Gasteiger partial charge in [0.05, 0.1) is 15.7 Å². The third kappa shape index (κ3) is 8.90. The van der Waals surface area contributed by atoms with Crippen molar-refractivity contribution in [2.45, 2.75) is 10.1 Å². The largest absolute Gasteiger partial charge is 0.321 e. The Morgan fingerprint density at radius 1 is 0.722 bits per heavy atom. The predicted molar refractivity (Wildman–Crippen MR) is 222 cm³/mol. The molecule has 1 heterocycles. The number of hydrogen-bond donors (Lipinski definition) is 3.